The summed E-state index contributed by atoms with van der Waals surface area (Å²) in [5.41, 5.74) is 8.12. The third-order valence-corrected chi connectivity index (χ3v) is 6.27. The number of rotatable bonds is 13. The molecule has 0 aromatic carbocycles. The van der Waals surface area contributed by atoms with Gasteiger partial charge < -0.3 is 0 Å². The van der Waals surface area contributed by atoms with Crippen LogP contribution in [0.25, 0.3) is 0 Å². The summed E-state index contributed by atoms with van der Waals surface area (Å²) in [5.74, 6) is 0. The number of hydrogen-bond donors (Lipinski definition) is 0. The Hall–Kier alpha value is -1.89. The number of carbonyl (C=O) groups is 1. The highest BCUT2D eigenvalue weighted by Crippen LogP contribution is 2.42. The maximum Gasteiger partial charge on any atom is 0.146 e. The van der Waals surface area contributed by atoms with Gasteiger partial charge in [-0.05, 0) is 110 Å². The fraction of sp³-hybridized carbons (Fsp3) is 0.567. The van der Waals surface area contributed by atoms with Crippen LogP contribution in [0, 0.1) is 5.41 Å². The van der Waals surface area contributed by atoms with E-state index in [9.17, 15) is 4.79 Å². The molecule has 172 valence electrons. The molecule has 0 radical (unpaired) electrons. The van der Waals surface area contributed by atoms with Crippen LogP contribution in [-0.2, 0) is 4.79 Å². The molecule has 31 heavy (non-hydrogen) atoms. The normalized spacial score (nSPS) is 19.5. The Kier molecular flexibility index (Phi) is 12.5. The molecule has 0 heterocycles. The molecule has 0 bridgehead atoms. The lowest BCUT2D eigenvalue weighted by Gasteiger charge is -2.33. The summed E-state index contributed by atoms with van der Waals surface area (Å²) in [6.07, 6.45) is 24.5. The van der Waals surface area contributed by atoms with E-state index < -0.39 is 0 Å². The molecule has 1 unspecified atom stereocenters. The lowest BCUT2D eigenvalue weighted by molar-refractivity contribution is -0.105. The summed E-state index contributed by atoms with van der Waals surface area (Å²) < 4.78 is 0. The average molecular weight is 423 g/mol. The van der Waals surface area contributed by atoms with E-state index in [-0.39, 0.29) is 5.41 Å². The van der Waals surface area contributed by atoms with Crippen LogP contribution in [0.4, 0.5) is 0 Å². The summed E-state index contributed by atoms with van der Waals surface area (Å²) in [5, 5.41) is 0. The Morgan fingerprint density at radius 1 is 0.806 bits per heavy atom. The van der Waals surface area contributed by atoms with E-state index in [2.05, 4.69) is 84.9 Å². The Morgan fingerprint density at radius 3 is 1.87 bits per heavy atom. The van der Waals surface area contributed by atoms with Crippen molar-refractivity contribution < 1.29 is 4.79 Å². The molecule has 0 aromatic rings. The van der Waals surface area contributed by atoms with Gasteiger partial charge in [-0.3, -0.25) is 4.79 Å². The van der Waals surface area contributed by atoms with Crippen LogP contribution in [-0.4, -0.2) is 6.29 Å². The minimum absolute atomic E-state index is 0.0370. The third-order valence-electron chi connectivity index (χ3n) is 6.27. The Bertz CT molecular complexity index is 758. The van der Waals surface area contributed by atoms with Gasteiger partial charge >= 0.3 is 0 Å². The van der Waals surface area contributed by atoms with Crippen LogP contribution < -0.4 is 0 Å². The predicted octanol–water partition coefficient (Wildman–Crippen LogP) is 9.39. The molecule has 0 aromatic heterocycles. The van der Waals surface area contributed by atoms with Crippen molar-refractivity contribution in [3.05, 3.63) is 69.9 Å². The maximum absolute atomic E-state index is 11.7. The molecule has 1 rings (SSSR count). The minimum Gasteiger partial charge on any atom is -0.298 e. The van der Waals surface area contributed by atoms with E-state index in [0.29, 0.717) is 0 Å². The highest BCUT2D eigenvalue weighted by atomic mass is 16.1. The number of aldehydes is 1. The van der Waals surface area contributed by atoms with Gasteiger partial charge in [-0.25, -0.2) is 0 Å². The molecule has 1 aliphatic rings. The summed E-state index contributed by atoms with van der Waals surface area (Å²) in [6.45, 7) is 15.4. The minimum atomic E-state index is -0.0370. The van der Waals surface area contributed by atoms with Gasteiger partial charge in [0, 0.05) is 0 Å². The third kappa shape index (κ3) is 11.3. The number of hydrogen-bond acceptors (Lipinski definition) is 1. The number of carbonyl (C=O) groups excluding carboxylic acids is 1. The van der Waals surface area contributed by atoms with Crippen LogP contribution in [0.1, 0.15) is 106 Å². The Labute approximate surface area is 192 Å². The summed E-state index contributed by atoms with van der Waals surface area (Å²) in [6, 6.07) is 0. The molecule has 0 N–H and O–H groups in total. The van der Waals surface area contributed by atoms with Gasteiger partial charge in [-0.1, -0.05) is 71.2 Å². The molecular weight excluding hydrogens is 376 g/mol. The van der Waals surface area contributed by atoms with E-state index in [0.717, 1.165) is 69.6 Å². The van der Waals surface area contributed by atoms with Crippen molar-refractivity contribution >= 4 is 6.29 Å². The first-order valence-corrected chi connectivity index (χ1v) is 12.1. The second kappa shape index (κ2) is 14.2. The highest BCUT2D eigenvalue weighted by molar-refractivity contribution is 5.76. The molecule has 1 heteroatoms. The van der Waals surface area contributed by atoms with Gasteiger partial charge in [-0.15, -0.1) is 0 Å². The van der Waals surface area contributed by atoms with Gasteiger partial charge in [-0.2, -0.15) is 0 Å². The monoisotopic (exact) mass is 422 g/mol. The molecular formula is C30H46O. The van der Waals surface area contributed by atoms with Crippen molar-refractivity contribution in [1.29, 1.82) is 0 Å². The van der Waals surface area contributed by atoms with Crippen molar-refractivity contribution in [2.24, 2.45) is 5.41 Å². The van der Waals surface area contributed by atoms with E-state index in [1.54, 1.807) is 0 Å². The van der Waals surface area contributed by atoms with E-state index in [1.165, 1.54) is 27.9 Å². The van der Waals surface area contributed by atoms with Crippen molar-refractivity contribution in [3.63, 3.8) is 0 Å². The van der Waals surface area contributed by atoms with Gasteiger partial charge in [0.15, 0.2) is 0 Å². The smallest absolute Gasteiger partial charge is 0.146 e. The average Bonchev–Trinajstić information content (AvgIpc) is 2.67. The molecule has 1 atom stereocenters. The molecule has 0 saturated carbocycles. The predicted molar refractivity (Wildman–Crippen MR) is 138 cm³/mol. The molecule has 1 aliphatic carbocycles. The fourth-order valence-electron chi connectivity index (χ4n) is 4.18. The van der Waals surface area contributed by atoms with Crippen LogP contribution in [0.5, 0.6) is 0 Å². The van der Waals surface area contributed by atoms with Crippen LogP contribution >= 0.6 is 0 Å². The first-order valence-electron chi connectivity index (χ1n) is 12.1. The Balaban J connectivity index is 2.60. The molecule has 0 amide bonds. The quantitative estimate of drug-likeness (QED) is 0.213. The second-order valence-corrected chi connectivity index (χ2v) is 10.1. The largest absolute Gasteiger partial charge is 0.298 e. The van der Waals surface area contributed by atoms with Crippen molar-refractivity contribution in [3.8, 4) is 0 Å². The summed E-state index contributed by atoms with van der Waals surface area (Å²) in [4.78, 5) is 11.7. The van der Waals surface area contributed by atoms with E-state index >= 15 is 0 Å². The molecule has 1 nitrogen and oxygen atoms in total. The lowest BCUT2D eigenvalue weighted by atomic mass is 9.70. The zero-order valence-electron chi connectivity index (χ0n) is 21.3. The van der Waals surface area contributed by atoms with Crippen molar-refractivity contribution in [2.45, 2.75) is 106 Å². The molecule has 0 saturated heterocycles. The van der Waals surface area contributed by atoms with Gasteiger partial charge in [0.25, 0.3) is 0 Å². The first kappa shape index (κ1) is 27.1. The molecule has 0 fully saturated rings. The maximum atomic E-state index is 11.7. The standard InChI is InChI=1S/C30H46O/c1-24(2)12-8-14-26(5)16-10-18-28-19-20-29(23-31)30(7,22-28)21-11-17-27(6)15-9-13-25(3)4/h12-13,16-17,19-20,23H,8-11,14-15,18,21-22H2,1-7H3/b26-16+,27-17+. The van der Waals surface area contributed by atoms with Crippen LogP contribution in [0.2, 0.25) is 0 Å². The summed E-state index contributed by atoms with van der Waals surface area (Å²) in [7, 11) is 0. The van der Waals surface area contributed by atoms with Gasteiger partial charge in [0.1, 0.15) is 6.29 Å². The van der Waals surface area contributed by atoms with E-state index in [4.69, 9.17) is 0 Å². The highest BCUT2D eigenvalue weighted by Gasteiger charge is 2.31. The SMILES string of the molecule is CC(C)=CCC/C(C)=C/CCC1=CC=C(C=O)C(C)(CC/C=C(\C)CCC=C(C)C)C1. The van der Waals surface area contributed by atoms with Gasteiger partial charge in [0.05, 0.1) is 0 Å². The molecule has 0 aliphatic heterocycles. The number of allylic oxidation sites excluding steroid dienone is 12. The van der Waals surface area contributed by atoms with Crippen LogP contribution in [0.15, 0.2) is 69.9 Å². The zero-order valence-corrected chi connectivity index (χ0v) is 21.3. The summed E-state index contributed by atoms with van der Waals surface area (Å²) >= 11 is 0. The van der Waals surface area contributed by atoms with Crippen molar-refractivity contribution in [1.82, 2.24) is 0 Å². The molecule has 0 spiro atoms. The zero-order chi connectivity index (χ0) is 23.3. The lowest BCUT2D eigenvalue weighted by Crippen LogP contribution is -2.23. The fourth-order valence-corrected chi connectivity index (χ4v) is 4.18. The van der Waals surface area contributed by atoms with Gasteiger partial charge in [0.2, 0.25) is 0 Å². The first-order chi connectivity index (χ1) is 14.7. The van der Waals surface area contributed by atoms with Crippen LogP contribution in [0.3, 0.4) is 0 Å². The van der Waals surface area contributed by atoms with Crippen molar-refractivity contribution in [2.75, 3.05) is 0 Å². The van der Waals surface area contributed by atoms with E-state index in [1.807, 2.05) is 0 Å². The Morgan fingerprint density at radius 2 is 1.35 bits per heavy atom. The second-order valence-electron chi connectivity index (χ2n) is 10.1. The topological polar surface area (TPSA) is 17.1 Å².